The predicted molar refractivity (Wildman–Crippen MR) is 132 cm³/mol. The van der Waals surface area contributed by atoms with Crippen molar-refractivity contribution in [3.05, 3.63) is 57.4 Å². The summed E-state index contributed by atoms with van der Waals surface area (Å²) in [5.41, 5.74) is 2.45. The molecule has 4 heterocycles. The highest BCUT2D eigenvalue weighted by Crippen LogP contribution is 2.30. The third-order valence-electron chi connectivity index (χ3n) is 6.31. The SMILES string of the molecule is O=c1c(-c2nc3[nH]c4ccc(Br)cc4c3[nH]2)coc2cc(O[C@@H]3O[C@H](CO)[C@@H](O)[C@H](O)[C@H]3O)ccc12. The highest BCUT2D eigenvalue weighted by Gasteiger charge is 2.44. The molecule has 0 radical (unpaired) electrons. The molecule has 6 N–H and O–H groups in total. The van der Waals surface area contributed by atoms with E-state index in [1.54, 1.807) is 0 Å². The zero-order valence-electron chi connectivity index (χ0n) is 18.4. The van der Waals surface area contributed by atoms with Crippen molar-refractivity contribution in [1.29, 1.82) is 0 Å². The van der Waals surface area contributed by atoms with E-state index in [2.05, 4.69) is 30.9 Å². The standard InChI is InChI=1S/C24H20BrN3O8/c25-9-1-4-14-12(5-9)17-23(26-14)28-22(27-17)13-8-34-15-6-10(2-3-11(15)18(13)30)35-24-21(33)20(32)19(31)16(7-29)36-24/h1-6,8,16,19-21,24,26,29,31-33H,7H2,(H,27,28)/t16-,19-,20+,21-,24-/m1/s1. The molecule has 1 fully saturated rings. The van der Waals surface area contributed by atoms with Crippen LogP contribution in [0.5, 0.6) is 5.75 Å². The number of aliphatic hydroxyl groups excluding tert-OH is 4. The number of aromatic amines is 2. The first kappa shape index (κ1) is 23.2. The number of fused-ring (bicyclic) bond motifs is 4. The number of benzene rings is 2. The highest BCUT2D eigenvalue weighted by atomic mass is 79.9. The van der Waals surface area contributed by atoms with Crippen LogP contribution in [0.1, 0.15) is 0 Å². The van der Waals surface area contributed by atoms with Crippen LogP contribution in [0, 0.1) is 0 Å². The Bertz CT molecular complexity index is 1660. The molecular weight excluding hydrogens is 538 g/mol. The van der Waals surface area contributed by atoms with Gasteiger partial charge >= 0.3 is 0 Å². The van der Waals surface area contributed by atoms with E-state index in [1.807, 2.05) is 18.2 Å². The van der Waals surface area contributed by atoms with Gasteiger partial charge in [-0.25, -0.2) is 4.98 Å². The average molecular weight is 558 g/mol. The van der Waals surface area contributed by atoms with E-state index in [9.17, 15) is 25.2 Å². The Hall–Kier alpha value is -3.26. The van der Waals surface area contributed by atoms with E-state index in [-0.39, 0.29) is 27.7 Å². The molecule has 1 aliphatic heterocycles. The van der Waals surface area contributed by atoms with E-state index >= 15 is 0 Å². The van der Waals surface area contributed by atoms with Crippen molar-refractivity contribution in [2.75, 3.05) is 6.61 Å². The molecule has 36 heavy (non-hydrogen) atoms. The van der Waals surface area contributed by atoms with Crippen molar-refractivity contribution >= 4 is 49.0 Å². The van der Waals surface area contributed by atoms with Crippen LogP contribution in [-0.2, 0) is 4.74 Å². The number of imidazole rings is 1. The molecule has 6 rings (SSSR count). The van der Waals surface area contributed by atoms with E-state index in [0.29, 0.717) is 11.5 Å². The second-order valence-electron chi connectivity index (χ2n) is 8.58. The number of aromatic nitrogens is 3. The van der Waals surface area contributed by atoms with E-state index in [1.165, 1.54) is 24.5 Å². The van der Waals surface area contributed by atoms with Gasteiger partial charge in [0.15, 0.2) is 5.65 Å². The van der Waals surface area contributed by atoms with Gasteiger partial charge in [-0.2, -0.15) is 0 Å². The van der Waals surface area contributed by atoms with E-state index < -0.39 is 37.3 Å². The van der Waals surface area contributed by atoms with Crippen LogP contribution < -0.4 is 10.2 Å². The molecule has 186 valence electrons. The number of rotatable bonds is 4. The number of hydrogen-bond donors (Lipinski definition) is 6. The minimum Gasteiger partial charge on any atom is -0.463 e. The molecule has 0 aliphatic carbocycles. The molecule has 2 aromatic carbocycles. The number of halogens is 1. The van der Waals surface area contributed by atoms with Crippen molar-refractivity contribution in [2.24, 2.45) is 0 Å². The van der Waals surface area contributed by atoms with Gasteiger partial charge in [0.2, 0.25) is 11.7 Å². The summed E-state index contributed by atoms with van der Waals surface area (Å²) in [6.07, 6.45) is -5.78. The van der Waals surface area contributed by atoms with Gasteiger partial charge in [-0.15, -0.1) is 0 Å². The molecule has 5 aromatic rings. The van der Waals surface area contributed by atoms with Crippen LogP contribution in [0.15, 0.2) is 56.3 Å². The van der Waals surface area contributed by atoms with Crippen molar-refractivity contribution in [3.63, 3.8) is 0 Å². The molecule has 1 saturated heterocycles. The van der Waals surface area contributed by atoms with Crippen LogP contribution in [0.2, 0.25) is 0 Å². The average Bonchev–Trinajstić information content (AvgIpc) is 3.43. The molecular formula is C24H20BrN3O8. The molecule has 0 amide bonds. The van der Waals surface area contributed by atoms with Gasteiger partial charge in [-0.1, -0.05) is 15.9 Å². The van der Waals surface area contributed by atoms with Crippen LogP contribution in [-0.4, -0.2) is 72.7 Å². The zero-order valence-corrected chi connectivity index (χ0v) is 20.0. The first-order valence-electron chi connectivity index (χ1n) is 11.0. The minimum atomic E-state index is -1.57. The number of aliphatic hydroxyl groups is 4. The Morgan fingerprint density at radius 2 is 1.86 bits per heavy atom. The number of nitrogens with one attached hydrogen (secondary N) is 2. The number of nitrogens with zero attached hydrogens (tertiary/aromatic N) is 1. The first-order valence-corrected chi connectivity index (χ1v) is 11.8. The maximum atomic E-state index is 13.2. The van der Waals surface area contributed by atoms with E-state index in [0.717, 1.165) is 20.9 Å². The Morgan fingerprint density at radius 1 is 1.03 bits per heavy atom. The topological polar surface area (TPSA) is 174 Å². The molecule has 0 unspecified atom stereocenters. The fourth-order valence-corrected chi connectivity index (χ4v) is 4.75. The van der Waals surface area contributed by atoms with Gasteiger partial charge in [0, 0.05) is 21.4 Å². The Morgan fingerprint density at radius 3 is 2.67 bits per heavy atom. The summed E-state index contributed by atoms with van der Waals surface area (Å²) >= 11 is 3.47. The molecule has 1 aliphatic rings. The van der Waals surface area contributed by atoms with Crippen molar-refractivity contribution in [1.82, 2.24) is 15.0 Å². The van der Waals surface area contributed by atoms with Gasteiger partial charge in [-0.05, 0) is 30.3 Å². The highest BCUT2D eigenvalue weighted by molar-refractivity contribution is 9.10. The summed E-state index contributed by atoms with van der Waals surface area (Å²) < 4.78 is 17.6. The van der Waals surface area contributed by atoms with Crippen LogP contribution in [0.4, 0.5) is 0 Å². The lowest BCUT2D eigenvalue weighted by atomic mass is 9.99. The first-order chi connectivity index (χ1) is 17.3. The largest absolute Gasteiger partial charge is 0.463 e. The van der Waals surface area contributed by atoms with Crippen molar-refractivity contribution < 1.29 is 34.3 Å². The summed E-state index contributed by atoms with van der Waals surface area (Å²) in [5, 5.41) is 40.6. The Labute approximate surface area is 210 Å². The molecule has 12 heteroatoms. The Balaban J connectivity index is 1.32. The quantitative estimate of drug-likeness (QED) is 0.192. The smallest absolute Gasteiger partial charge is 0.229 e. The molecule has 0 spiro atoms. The lowest BCUT2D eigenvalue weighted by Gasteiger charge is -2.39. The van der Waals surface area contributed by atoms with Gasteiger partial charge < -0.3 is 44.3 Å². The van der Waals surface area contributed by atoms with Crippen LogP contribution in [0.25, 0.3) is 44.4 Å². The van der Waals surface area contributed by atoms with Crippen molar-refractivity contribution in [3.8, 4) is 17.1 Å². The van der Waals surface area contributed by atoms with E-state index in [4.69, 9.17) is 13.9 Å². The zero-order chi connectivity index (χ0) is 25.1. The fraction of sp³-hybridized carbons (Fsp3) is 0.250. The third-order valence-corrected chi connectivity index (χ3v) is 6.80. The normalized spacial score (nSPS) is 24.6. The lowest BCUT2D eigenvalue weighted by Crippen LogP contribution is -2.60. The van der Waals surface area contributed by atoms with Crippen LogP contribution in [0.3, 0.4) is 0 Å². The van der Waals surface area contributed by atoms with Gasteiger partial charge in [0.05, 0.1) is 17.5 Å². The van der Waals surface area contributed by atoms with Crippen LogP contribution >= 0.6 is 15.9 Å². The fourth-order valence-electron chi connectivity index (χ4n) is 4.39. The monoisotopic (exact) mass is 557 g/mol. The molecule has 3 aromatic heterocycles. The summed E-state index contributed by atoms with van der Waals surface area (Å²) in [7, 11) is 0. The summed E-state index contributed by atoms with van der Waals surface area (Å²) in [6, 6.07) is 10.2. The Kier molecular flexibility index (Phi) is 5.59. The number of hydrogen-bond acceptors (Lipinski definition) is 9. The molecule has 5 atom stereocenters. The lowest BCUT2D eigenvalue weighted by molar-refractivity contribution is -0.277. The third kappa shape index (κ3) is 3.70. The number of H-pyrrole nitrogens is 2. The number of ether oxygens (including phenoxy) is 2. The van der Waals surface area contributed by atoms with Gasteiger partial charge in [0.25, 0.3) is 0 Å². The van der Waals surface area contributed by atoms with Gasteiger partial charge in [0.1, 0.15) is 53.4 Å². The summed E-state index contributed by atoms with van der Waals surface area (Å²) in [5.74, 6) is 0.543. The summed E-state index contributed by atoms with van der Waals surface area (Å²) in [6.45, 7) is -0.575. The predicted octanol–water partition coefficient (Wildman–Crippen LogP) is 1.76. The molecule has 11 nitrogen and oxygen atoms in total. The van der Waals surface area contributed by atoms with Gasteiger partial charge in [-0.3, -0.25) is 4.79 Å². The minimum absolute atomic E-state index is 0.186. The van der Waals surface area contributed by atoms with Crippen molar-refractivity contribution in [2.45, 2.75) is 30.7 Å². The second-order valence-corrected chi connectivity index (χ2v) is 9.49. The molecule has 0 bridgehead atoms. The maximum absolute atomic E-state index is 13.2. The second kappa shape index (κ2) is 8.69. The molecule has 0 saturated carbocycles. The summed E-state index contributed by atoms with van der Waals surface area (Å²) in [4.78, 5) is 24.2. The maximum Gasteiger partial charge on any atom is 0.229 e.